The van der Waals surface area contributed by atoms with E-state index in [4.69, 9.17) is 9.97 Å². The molecule has 1 aliphatic rings. The van der Waals surface area contributed by atoms with Crippen LogP contribution in [0.5, 0.6) is 0 Å². The van der Waals surface area contributed by atoms with Gasteiger partial charge in [0.1, 0.15) is 10.6 Å². The van der Waals surface area contributed by atoms with Gasteiger partial charge >= 0.3 is 0 Å². The number of anilines is 2. The van der Waals surface area contributed by atoms with Crippen LogP contribution in [0.1, 0.15) is 30.0 Å². The van der Waals surface area contributed by atoms with Crippen molar-refractivity contribution in [1.82, 2.24) is 14.9 Å². The van der Waals surface area contributed by atoms with E-state index in [1.807, 2.05) is 35.2 Å². The molecule has 0 radical (unpaired) electrons. The van der Waals surface area contributed by atoms with Crippen LogP contribution in [0, 0.1) is 0 Å². The van der Waals surface area contributed by atoms with E-state index in [9.17, 15) is 4.79 Å². The molecule has 3 heterocycles. The summed E-state index contributed by atoms with van der Waals surface area (Å²) >= 11 is 1.69. The molecule has 1 amide bonds. The number of aryl methyl sites for hydroxylation is 2. The quantitative estimate of drug-likeness (QED) is 0.321. The van der Waals surface area contributed by atoms with Crippen LogP contribution in [0.25, 0.3) is 10.2 Å². The van der Waals surface area contributed by atoms with E-state index >= 15 is 0 Å². The highest BCUT2D eigenvalue weighted by Crippen LogP contribution is 2.34. The molecule has 1 fully saturated rings. The summed E-state index contributed by atoms with van der Waals surface area (Å²) in [4.78, 5) is 28.0. The number of hydrogen-bond acceptors (Lipinski definition) is 6. The summed E-state index contributed by atoms with van der Waals surface area (Å²) in [6.07, 6.45) is 3.46. The van der Waals surface area contributed by atoms with Crippen molar-refractivity contribution in [3.8, 4) is 0 Å². The molecule has 1 N–H and O–H groups in total. The molecule has 2 aromatic carbocycles. The molecule has 1 aliphatic heterocycles. The van der Waals surface area contributed by atoms with Crippen molar-refractivity contribution in [2.24, 2.45) is 0 Å². The van der Waals surface area contributed by atoms with Gasteiger partial charge in [0.25, 0.3) is 0 Å². The Morgan fingerprint density at radius 1 is 0.944 bits per heavy atom. The van der Waals surface area contributed by atoms with Crippen LogP contribution in [0.15, 0.2) is 66.0 Å². The molecule has 5 rings (SSSR count). The first-order valence-electron chi connectivity index (χ1n) is 12.8. The molecule has 186 valence electrons. The van der Waals surface area contributed by atoms with E-state index in [1.54, 1.807) is 11.3 Å². The largest absolute Gasteiger partial charge is 0.354 e. The number of hydrogen-bond donors (Lipinski definition) is 1. The number of amides is 1. The van der Waals surface area contributed by atoms with Crippen molar-refractivity contribution in [3.63, 3.8) is 0 Å². The first-order chi connectivity index (χ1) is 17.7. The van der Waals surface area contributed by atoms with Gasteiger partial charge in [-0.2, -0.15) is 4.98 Å². The number of carbonyl (C=O) groups is 1. The first kappa shape index (κ1) is 24.3. The molecule has 6 nitrogen and oxygen atoms in total. The summed E-state index contributed by atoms with van der Waals surface area (Å²) in [7, 11) is 0. The number of thiophene rings is 1. The number of piperazine rings is 1. The third-order valence-electron chi connectivity index (χ3n) is 6.77. The number of nitrogens with zero attached hydrogens (tertiary/aromatic N) is 4. The molecule has 4 aromatic rings. The highest BCUT2D eigenvalue weighted by atomic mass is 32.1. The van der Waals surface area contributed by atoms with Crippen LogP contribution in [0.4, 0.5) is 11.8 Å². The number of nitrogens with one attached hydrogen (secondary N) is 1. The van der Waals surface area contributed by atoms with E-state index in [2.05, 4.69) is 52.9 Å². The maximum absolute atomic E-state index is 12.9. The number of fused-ring (bicyclic) bond motifs is 1. The van der Waals surface area contributed by atoms with Crippen molar-refractivity contribution in [3.05, 3.63) is 82.7 Å². The second kappa shape index (κ2) is 11.5. The molecule has 2 aromatic heterocycles. The number of rotatable bonds is 9. The monoisotopic (exact) mass is 499 g/mol. The lowest BCUT2D eigenvalue weighted by atomic mass is 10.1. The van der Waals surface area contributed by atoms with Gasteiger partial charge in [-0.05, 0) is 41.3 Å². The van der Waals surface area contributed by atoms with E-state index in [1.165, 1.54) is 16.5 Å². The van der Waals surface area contributed by atoms with E-state index in [0.29, 0.717) is 25.5 Å². The van der Waals surface area contributed by atoms with Gasteiger partial charge < -0.3 is 15.1 Å². The van der Waals surface area contributed by atoms with Crippen LogP contribution >= 0.6 is 11.3 Å². The smallest absolute Gasteiger partial charge is 0.227 e. The zero-order valence-corrected chi connectivity index (χ0v) is 21.6. The second-order valence-corrected chi connectivity index (χ2v) is 10.1. The predicted octanol–water partition coefficient (Wildman–Crippen LogP) is 5.19. The number of aromatic nitrogens is 2. The Morgan fingerprint density at radius 3 is 2.33 bits per heavy atom. The highest BCUT2D eigenvalue weighted by Gasteiger charge is 2.25. The molecule has 0 aliphatic carbocycles. The Kier molecular flexibility index (Phi) is 7.76. The van der Waals surface area contributed by atoms with Crippen molar-refractivity contribution in [2.45, 2.75) is 32.6 Å². The molecule has 1 saturated heterocycles. The zero-order chi connectivity index (χ0) is 24.7. The van der Waals surface area contributed by atoms with Gasteiger partial charge in [0.2, 0.25) is 11.9 Å². The summed E-state index contributed by atoms with van der Waals surface area (Å²) in [5.41, 5.74) is 3.71. The summed E-state index contributed by atoms with van der Waals surface area (Å²) in [6, 6.07) is 20.6. The Morgan fingerprint density at radius 2 is 1.64 bits per heavy atom. The minimum atomic E-state index is 0.194. The van der Waals surface area contributed by atoms with Crippen molar-refractivity contribution >= 4 is 39.2 Å². The van der Waals surface area contributed by atoms with E-state index < -0.39 is 0 Å². The average Bonchev–Trinajstić information content (AvgIpc) is 3.35. The third kappa shape index (κ3) is 5.68. The van der Waals surface area contributed by atoms with Gasteiger partial charge in [0.15, 0.2) is 0 Å². The summed E-state index contributed by atoms with van der Waals surface area (Å²) in [6.45, 7) is 5.98. The topological polar surface area (TPSA) is 61.4 Å². The lowest BCUT2D eigenvalue weighted by Crippen LogP contribution is -2.49. The van der Waals surface area contributed by atoms with Gasteiger partial charge in [-0.3, -0.25) is 4.79 Å². The Balaban J connectivity index is 1.26. The molecule has 0 atom stereocenters. The maximum atomic E-state index is 12.9. The number of benzene rings is 2. The Labute approximate surface area is 217 Å². The fourth-order valence-electron chi connectivity index (χ4n) is 4.74. The first-order valence-corrected chi connectivity index (χ1v) is 13.7. The van der Waals surface area contributed by atoms with Crippen LogP contribution in [-0.2, 0) is 24.1 Å². The lowest BCUT2D eigenvalue weighted by molar-refractivity contribution is -0.130. The second-order valence-electron chi connectivity index (χ2n) is 9.21. The SMILES string of the molecule is CCc1csc2nc(NCCCc3ccccc3)nc(N3CCN(C(=O)Cc4ccccc4)CC3)c12. The molecule has 36 heavy (non-hydrogen) atoms. The third-order valence-corrected chi connectivity index (χ3v) is 7.69. The fourth-order valence-corrected chi connectivity index (χ4v) is 5.75. The van der Waals surface area contributed by atoms with Crippen LogP contribution in [0.3, 0.4) is 0 Å². The van der Waals surface area contributed by atoms with Crippen molar-refractivity contribution in [2.75, 3.05) is 42.9 Å². The molecule has 0 spiro atoms. The summed E-state index contributed by atoms with van der Waals surface area (Å²) < 4.78 is 0. The van der Waals surface area contributed by atoms with Gasteiger partial charge in [-0.15, -0.1) is 11.3 Å². The van der Waals surface area contributed by atoms with Crippen LogP contribution in [-0.4, -0.2) is 53.5 Å². The standard InChI is InChI=1S/C29H33N5OS/c1-2-24-21-36-28-26(24)27(31-29(32-28)30-15-9-14-22-10-5-3-6-11-22)34-18-16-33(17-19-34)25(35)20-23-12-7-4-8-13-23/h3-8,10-13,21H,2,9,14-20H2,1H3,(H,30,31,32). The minimum absolute atomic E-state index is 0.194. The molecule has 7 heteroatoms. The summed E-state index contributed by atoms with van der Waals surface area (Å²) in [5.74, 6) is 1.88. The maximum Gasteiger partial charge on any atom is 0.227 e. The lowest BCUT2D eigenvalue weighted by Gasteiger charge is -2.36. The normalized spacial score (nSPS) is 13.8. The van der Waals surface area contributed by atoms with Crippen molar-refractivity contribution < 1.29 is 4.79 Å². The molecular formula is C29H33N5OS. The van der Waals surface area contributed by atoms with Crippen LogP contribution < -0.4 is 10.2 Å². The molecule has 0 unspecified atom stereocenters. The van der Waals surface area contributed by atoms with Crippen molar-refractivity contribution in [1.29, 1.82) is 0 Å². The predicted molar refractivity (Wildman–Crippen MR) is 149 cm³/mol. The summed E-state index contributed by atoms with van der Waals surface area (Å²) in [5, 5.41) is 6.84. The van der Waals surface area contributed by atoms with E-state index in [-0.39, 0.29) is 5.91 Å². The minimum Gasteiger partial charge on any atom is -0.354 e. The molecule has 0 saturated carbocycles. The van der Waals surface area contributed by atoms with Gasteiger partial charge in [-0.25, -0.2) is 4.98 Å². The van der Waals surface area contributed by atoms with Crippen LogP contribution in [0.2, 0.25) is 0 Å². The van der Waals surface area contributed by atoms with Gasteiger partial charge in [0, 0.05) is 32.7 Å². The number of carbonyl (C=O) groups excluding carboxylic acids is 1. The average molecular weight is 500 g/mol. The van der Waals surface area contributed by atoms with Gasteiger partial charge in [0.05, 0.1) is 11.8 Å². The van der Waals surface area contributed by atoms with E-state index in [0.717, 1.165) is 55.1 Å². The highest BCUT2D eigenvalue weighted by molar-refractivity contribution is 7.17. The Bertz CT molecular complexity index is 1280. The zero-order valence-electron chi connectivity index (χ0n) is 20.8. The fraction of sp³-hybridized carbons (Fsp3) is 0.345. The molecule has 0 bridgehead atoms. The van der Waals surface area contributed by atoms with Gasteiger partial charge in [-0.1, -0.05) is 67.6 Å². The Hall–Kier alpha value is -3.45. The molecular weight excluding hydrogens is 466 g/mol.